The van der Waals surface area contributed by atoms with Crippen molar-refractivity contribution < 1.29 is 34.6 Å². The Hall–Kier alpha value is -0.360. The van der Waals surface area contributed by atoms with E-state index in [0.29, 0.717) is 0 Å². The molecule has 118 valence electrons. The van der Waals surface area contributed by atoms with Crippen molar-refractivity contribution in [2.45, 2.75) is 49.0 Å². The van der Waals surface area contributed by atoms with Gasteiger partial charge in [0.15, 0.2) is 6.29 Å². The molecule has 9 nitrogen and oxygen atoms in total. The predicted molar refractivity (Wildman–Crippen MR) is 65.4 cm³/mol. The fourth-order valence-corrected chi connectivity index (χ4v) is 2.42. The van der Waals surface area contributed by atoms with E-state index in [0.717, 1.165) is 0 Å². The zero-order valence-corrected chi connectivity index (χ0v) is 10.9. The summed E-state index contributed by atoms with van der Waals surface area (Å²) in [4.78, 5) is 0. The lowest BCUT2D eigenvalue weighted by atomic mass is 9.97. The SMILES string of the molecule is NC[C@H]1O[C@@H](O[C@H]2[C@@H](O)CO[C@@H]2CO)[C@H](N)[C@H](O)[C@H]1O. The Morgan fingerprint density at radius 2 is 1.85 bits per heavy atom. The molecular weight excluding hydrogens is 272 g/mol. The van der Waals surface area contributed by atoms with Gasteiger partial charge in [-0.15, -0.1) is 0 Å². The van der Waals surface area contributed by atoms with Crippen molar-refractivity contribution in [3.8, 4) is 0 Å². The van der Waals surface area contributed by atoms with Crippen LogP contribution in [0.4, 0.5) is 0 Å². The summed E-state index contributed by atoms with van der Waals surface area (Å²) in [6.45, 7) is -0.309. The first-order valence-corrected chi connectivity index (χ1v) is 6.52. The molecule has 2 fully saturated rings. The number of hydrogen-bond donors (Lipinski definition) is 6. The molecule has 0 unspecified atom stereocenters. The summed E-state index contributed by atoms with van der Waals surface area (Å²) in [7, 11) is 0. The molecule has 8 N–H and O–H groups in total. The molecule has 20 heavy (non-hydrogen) atoms. The van der Waals surface area contributed by atoms with Crippen molar-refractivity contribution in [2.24, 2.45) is 11.5 Å². The molecule has 0 bridgehead atoms. The number of hydrogen-bond acceptors (Lipinski definition) is 9. The van der Waals surface area contributed by atoms with Crippen LogP contribution in [0.1, 0.15) is 0 Å². The first-order chi connectivity index (χ1) is 9.49. The summed E-state index contributed by atoms with van der Waals surface area (Å²) in [5.41, 5.74) is 11.2. The third kappa shape index (κ3) is 2.96. The first kappa shape index (κ1) is 16.0. The van der Waals surface area contributed by atoms with Crippen LogP contribution in [0, 0.1) is 0 Å². The molecule has 9 heteroatoms. The minimum absolute atomic E-state index is 0.0159. The van der Waals surface area contributed by atoms with Gasteiger partial charge in [-0.2, -0.15) is 0 Å². The fraction of sp³-hybridized carbons (Fsp3) is 1.00. The molecule has 0 aromatic heterocycles. The zero-order valence-electron chi connectivity index (χ0n) is 10.9. The normalized spacial score (nSPS) is 49.5. The Morgan fingerprint density at radius 1 is 1.15 bits per heavy atom. The molecule has 0 saturated carbocycles. The van der Waals surface area contributed by atoms with Gasteiger partial charge in [-0.1, -0.05) is 0 Å². The van der Waals surface area contributed by atoms with E-state index in [9.17, 15) is 15.3 Å². The van der Waals surface area contributed by atoms with E-state index in [1.54, 1.807) is 0 Å². The second-order valence-corrected chi connectivity index (χ2v) is 5.06. The van der Waals surface area contributed by atoms with E-state index in [1.807, 2.05) is 0 Å². The Morgan fingerprint density at radius 3 is 2.45 bits per heavy atom. The monoisotopic (exact) mass is 294 g/mol. The molecule has 8 atom stereocenters. The van der Waals surface area contributed by atoms with E-state index >= 15 is 0 Å². The van der Waals surface area contributed by atoms with Crippen LogP contribution in [-0.4, -0.2) is 89.1 Å². The molecule has 0 aliphatic carbocycles. The molecule has 0 radical (unpaired) electrons. The Labute approximate surface area is 116 Å². The van der Waals surface area contributed by atoms with Crippen LogP contribution in [0.25, 0.3) is 0 Å². The highest BCUT2D eigenvalue weighted by atomic mass is 16.7. The summed E-state index contributed by atoms with van der Waals surface area (Å²) in [5.74, 6) is 0. The maximum absolute atomic E-state index is 9.85. The molecule has 2 rings (SSSR count). The average Bonchev–Trinajstić information content (AvgIpc) is 2.80. The van der Waals surface area contributed by atoms with Crippen LogP contribution in [0.2, 0.25) is 0 Å². The van der Waals surface area contributed by atoms with Gasteiger partial charge < -0.3 is 46.1 Å². The van der Waals surface area contributed by atoms with E-state index in [4.69, 9.17) is 30.8 Å². The lowest BCUT2D eigenvalue weighted by Crippen LogP contribution is -2.64. The quantitative estimate of drug-likeness (QED) is 0.302. The summed E-state index contributed by atoms with van der Waals surface area (Å²) < 4.78 is 16.1. The minimum atomic E-state index is -1.26. The standard InChI is InChI=1S/C11H22N2O7/c12-1-5-8(16)9(17)7(13)11(19-5)20-10-4(15)3-18-6(10)2-14/h4-11,14-17H,1-3,12-13H2/t4-,5+,6+,7+,8-,9-,10-,11-/m0/s1. The van der Waals surface area contributed by atoms with Crippen molar-refractivity contribution >= 4 is 0 Å². The molecule has 2 aliphatic heterocycles. The Bertz CT molecular complexity index is 319. The lowest BCUT2D eigenvalue weighted by Gasteiger charge is -2.42. The van der Waals surface area contributed by atoms with Crippen LogP contribution >= 0.6 is 0 Å². The first-order valence-electron chi connectivity index (χ1n) is 6.52. The third-order valence-electron chi connectivity index (χ3n) is 3.68. The summed E-state index contributed by atoms with van der Waals surface area (Å²) in [5, 5.41) is 38.5. The van der Waals surface area contributed by atoms with Gasteiger partial charge in [0.05, 0.1) is 19.3 Å². The predicted octanol–water partition coefficient (Wildman–Crippen LogP) is -4.14. The second-order valence-electron chi connectivity index (χ2n) is 5.06. The van der Waals surface area contributed by atoms with Crippen LogP contribution in [0.15, 0.2) is 0 Å². The smallest absolute Gasteiger partial charge is 0.176 e. The van der Waals surface area contributed by atoms with Crippen LogP contribution in [0.5, 0.6) is 0 Å². The van der Waals surface area contributed by atoms with Crippen molar-refractivity contribution in [3.05, 3.63) is 0 Å². The van der Waals surface area contributed by atoms with Crippen molar-refractivity contribution in [3.63, 3.8) is 0 Å². The molecular formula is C11H22N2O7. The van der Waals surface area contributed by atoms with Gasteiger partial charge in [0.25, 0.3) is 0 Å². The maximum Gasteiger partial charge on any atom is 0.176 e. The van der Waals surface area contributed by atoms with Crippen LogP contribution in [-0.2, 0) is 14.2 Å². The Kier molecular flexibility index (Phi) is 5.29. The van der Waals surface area contributed by atoms with Gasteiger partial charge in [0, 0.05) is 6.54 Å². The molecule has 0 spiro atoms. The molecule has 0 aromatic rings. The highest BCUT2D eigenvalue weighted by molar-refractivity contribution is 4.94. The van der Waals surface area contributed by atoms with E-state index < -0.39 is 49.0 Å². The fourth-order valence-electron chi connectivity index (χ4n) is 2.42. The van der Waals surface area contributed by atoms with Gasteiger partial charge in [-0.05, 0) is 0 Å². The summed E-state index contributed by atoms with van der Waals surface area (Å²) in [6, 6.07) is -1.00. The van der Waals surface area contributed by atoms with Crippen LogP contribution < -0.4 is 11.5 Å². The van der Waals surface area contributed by atoms with E-state index in [2.05, 4.69) is 0 Å². The number of ether oxygens (including phenoxy) is 3. The van der Waals surface area contributed by atoms with Crippen LogP contribution in [0.3, 0.4) is 0 Å². The van der Waals surface area contributed by atoms with Gasteiger partial charge in [0.2, 0.25) is 0 Å². The number of aliphatic hydroxyl groups is 4. The van der Waals surface area contributed by atoms with Gasteiger partial charge in [-0.3, -0.25) is 0 Å². The lowest BCUT2D eigenvalue weighted by molar-refractivity contribution is -0.279. The number of aliphatic hydroxyl groups excluding tert-OH is 4. The highest BCUT2D eigenvalue weighted by Gasteiger charge is 2.46. The molecule has 2 aliphatic rings. The average molecular weight is 294 g/mol. The third-order valence-corrected chi connectivity index (χ3v) is 3.68. The maximum atomic E-state index is 9.85. The van der Waals surface area contributed by atoms with Crippen molar-refractivity contribution in [1.82, 2.24) is 0 Å². The number of rotatable bonds is 4. The second kappa shape index (κ2) is 6.60. The topological polar surface area (TPSA) is 161 Å². The van der Waals surface area contributed by atoms with Crippen molar-refractivity contribution in [2.75, 3.05) is 19.8 Å². The van der Waals surface area contributed by atoms with Crippen molar-refractivity contribution in [1.29, 1.82) is 0 Å². The molecule has 0 amide bonds. The zero-order chi connectivity index (χ0) is 14.9. The summed E-state index contributed by atoms with van der Waals surface area (Å²) >= 11 is 0. The summed E-state index contributed by atoms with van der Waals surface area (Å²) in [6.07, 6.45) is -6.77. The van der Waals surface area contributed by atoms with E-state index in [1.165, 1.54) is 0 Å². The van der Waals surface area contributed by atoms with Gasteiger partial charge >= 0.3 is 0 Å². The Balaban J connectivity index is 2.03. The molecule has 0 aromatic carbocycles. The minimum Gasteiger partial charge on any atom is -0.394 e. The largest absolute Gasteiger partial charge is 0.394 e. The van der Waals surface area contributed by atoms with Gasteiger partial charge in [0.1, 0.15) is 36.6 Å². The molecule has 2 heterocycles. The molecule has 2 saturated heterocycles. The highest BCUT2D eigenvalue weighted by Crippen LogP contribution is 2.25. The van der Waals surface area contributed by atoms with E-state index in [-0.39, 0.29) is 19.8 Å². The number of nitrogens with two attached hydrogens (primary N) is 2. The van der Waals surface area contributed by atoms with Gasteiger partial charge in [-0.25, -0.2) is 0 Å².